The molecule has 20 heavy (non-hydrogen) atoms. The van der Waals surface area contributed by atoms with Crippen molar-refractivity contribution in [3.05, 3.63) is 17.1 Å². The Balaban J connectivity index is 2.17. The molecule has 0 spiro atoms. The van der Waals surface area contributed by atoms with E-state index in [1.165, 1.54) is 36.9 Å². The van der Waals surface area contributed by atoms with E-state index in [1.807, 2.05) is 6.92 Å². The minimum atomic E-state index is 0.400. The van der Waals surface area contributed by atoms with Gasteiger partial charge in [0, 0.05) is 12.2 Å². The molecule has 1 aliphatic carbocycles. The molecule has 0 saturated heterocycles. The van der Waals surface area contributed by atoms with Gasteiger partial charge in [-0.1, -0.05) is 19.8 Å². The fourth-order valence-electron chi connectivity index (χ4n) is 3.64. The summed E-state index contributed by atoms with van der Waals surface area (Å²) in [5, 5.41) is 1.04. The van der Waals surface area contributed by atoms with Gasteiger partial charge in [0.1, 0.15) is 17.3 Å². The zero-order chi connectivity index (χ0) is 14.5. The highest BCUT2D eigenvalue weighted by Crippen LogP contribution is 2.40. The molecule has 0 amide bonds. The zero-order valence-electron chi connectivity index (χ0n) is 13.0. The van der Waals surface area contributed by atoms with Crippen LogP contribution in [0.2, 0.25) is 0 Å². The lowest BCUT2D eigenvalue weighted by atomic mass is 9.89. The molecule has 1 saturated carbocycles. The van der Waals surface area contributed by atoms with Crippen LogP contribution in [-0.4, -0.2) is 14.5 Å². The predicted molar refractivity (Wildman–Crippen MR) is 82.7 cm³/mol. The van der Waals surface area contributed by atoms with E-state index in [1.54, 1.807) is 0 Å². The molecule has 0 unspecified atom stereocenters. The van der Waals surface area contributed by atoms with Crippen molar-refractivity contribution in [2.45, 2.75) is 59.9 Å². The molecule has 108 valence electrons. The van der Waals surface area contributed by atoms with Crippen LogP contribution in [-0.2, 0) is 6.54 Å². The quantitative estimate of drug-likeness (QED) is 0.910. The molecule has 0 bridgehead atoms. The summed E-state index contributed by atoms with van der Waals surface area (Å²) in [5.41, 5.74) is 10.0. The summed E-state index contributed by atoms with van der Waals surface area (Å²) in [6.45, 7) is 9.65. The maximum absolute atomic E-state index is 6.12. The Morgan fingerprint density at radius 3 is 2.45 bits per heavy atom. The monoisotopic (exact) mass is 272 g/mol. The second-order valence-electron chi connectivity index (χ2n) is 6.67. The van der Waals surface area contributed by atoms with Gasteiger partial charge in [-0.3, -0.25) is 0 Å². The Labute approximate surface area is 120 Å². The molecule has 1 fully saturated rings. The van der Waals surface area contributed by atoms with Crippen molar-refractivity contribution < 1.29 is 0 Å². The minimum absolute atomic E-state index is 0.400. The zero-order valence-corrected chi connectivity index (χ0v) is 13.0. The van der Waals surface area contributed by atoms with Crippen LogP contribution in [0.15, 0.2) is 0 Å². The topological polar surface area (TPSA) is 56.7 Å². The molecule has 2 N–H and O–H groups in total. The van der Waals surface area contributed by atoms with Crippen molar-refractivity contribution in [3.8, 4) is 0 Å². The first-order chi connectivity index (χ1) is 9.41. The van der Waals surface area contributed by atoms with E-state index in [0.29, 0.717) is 11.2 Å². The number of aromatic nitrogens is 3. The van der Waals surface area contributed by atoms with E-state index in [9.17, 15) is 0 Å². The van der Waals surface area contributed by atoms with Gasteiger partial charge in [0.15, 0.2) is 0 Å². The van der Waals surface area contributed by atoms with Gasteiger partial charge in [0.05, 0.1) is 5.39 Å². The second-order valence-corrected chi connectivity index (χ2v) is 6.67. The van der Waals surface area contributed by atoms with Gasteiger partial charge in [-0.25, -0.2) is 9.97 Å². The Bertz CT molecular complexity index is 663. The SMILES string of the molecule is Cc1nc(N)c2c(C)c(C)n(CC3(C)CCCC3)c2n1. The standard InChI is InChI=1S/C16H24N4/c1-10-11(2)20(9-16(4)7-5-6-8-16)15-13(10)14(17)18-12(3)19-15/h5-9H2,1-4H3,(H2,17,18,19). The van der Waals surface area contributed by atoms with Crippen LogP contribution in [0.1, 0.15) is 49.7 Å². The van der Waals surface area contributed by atoms with Gasteiger partial charge in [-0.15, -0.1) is 0 Å². The average molecular weight is 272 g/mol. The fourth-order valence-corrected chi connectivity index (χ4v) is 3.64. The Morgan fingerprint density at radius 2 is 1.80 bits per heavy atom. The van der Waals surface area contributed by atoms with Crippen LogP contribution in [0.25, 0.3) is 11.0 Å². The van der Waals surface area contributed by atoms with Crippen molar-refractivity contribution in [2.75, 3.05) is 5.73 Å². The van der Waals surface area contributed by atoms with Crippen molar-refractivity contribution in [3.63, 3.8) is 0 Å². The number of nitrogens with two attached hydrogens (primary N) is 1. The number of fused-ring (bicyclic) bond motifs is 1. The molecule has 2 aromatic rings. The largest absolute Gasteiger partial charge is 0.383 e. The number of nitrogen functional groups attached to an aromatic ring is 1. The first-order valence-corrected chi connectivity index (χ1v) is 7.51. The lowest BCUT2D eigenvalue weighted by Crippen LogP contribution is -2.20. The van der Waals surface area contributed by atoms with Gasteiger partial charge < -0.3 is 10.3 Å². The summed E-state index contributed by atoms with van der Waals surface area (Å²) >= 11 is 0. The Morgan fingerprint density at radius 1 is 1.15 bits per heavy atom. The molecule has 0 aromatic carbocycles. The van der Waals surface area contributed by atoms with Crippen LogP contribution < -0.4 is 5.73 Å². The fraction of sp³-hybridized carbons (Fsp3) is 0.625. The highest BCUT2D eigenvalue weighted by atomic mass is 15.1. The van der Waals surface area contributed by atoms with Crippen LogP contribution in [0.4, 0.5) is 5.82 Å². The lowest BCUT2D eigenvalue weighted by molar-refractivity contribution is 0.283. The molecule has 2 aromatic heterocycles. The van der Waals surface area contributed by atoms with E-state index < -0.39 is 0 Å². The van der Waals surface area contributed by atoms with Gasteiger partial charge in [-0.05, 0) is 44.6 Å². The summed E-state index contributed by atoms with van der Waals surface area (Å²) in [6.07, 6.45) is 5.32. The third kappa shape index (κ3) is 1.98. The molecule has 1 aliphatic rings. The van der Waals surface area contributed by atoms with Crippen LogP contribution in [0.3, 0.4) is 0 Å². The summed E-state index contributed by atoms with van der Waals surface area (Å²) in [4.78, 5) is 8.98. The van der Waals surface area contributed by atoms with Crippen molar-refractivity contribution in [1.82, 2.24) is 14.5 Å². The summed E-state index contributed by atoms with van der Waals surface area (Å²) in [5.74, 6) is 1.37. The van der Waals surface area contributed by atoms with Gasteiger partial charge in [0.25, 0.3) is 0 Å². The van der Waals surface area contributed by atoms with Crippen LogP contribution >= 0.6 is 0 Å². The molecular weight excluding hydrogens is 248 g/mol. The minimum Gasteiger partial charge on any atom is -0.383 e. The highest BCUT2D eigenvalue weighted by Gasteiger charge is 2.30. The molecule has 4 heteroatoms. The van der Waals surface area contributed by atoms with Gasteiger partial charge >= 0.3 is 0 Å². The van der Waals surface area contributed by atoms with E-state index in [4.69, 9.17) is 5.73 Å². The molecule has 0 atom stereocenters. The summed E-state index contributed by atoms with van der Waals surface area (Å²) < 4.78 is 2.36. The first kappa shape index (κ1) is 13.4. The predicted octanol–water partition coefficient (Wildman–Crippen LogP) is 3.52. The van der Waals surface area contributed by atoms with Crippen molar-refractivity contribution in [2.24, 2.45) is 5.41 Å². The normalized spacial score (nSPS) is 18.0. The molecule has 0 radical (unpaired) electrons. The Kier molecular flexibility index (Phi) is 3.00. The maximum atomic E-state index is 6.12. The number of aryl methyl sites for hydroxylation is 2. The van der Waals surface area contributed by atoms with Gasteiger partial charge in [0.2, 0.25) is 0 Å². The van der Waals surface area contributed by atoms with E-state index in [-0.39, 0.29) is 0 Å². The molecule has 4 nitrogen and oxygen atoms in total. The highest BCUT2D eigenvalue weighted by molar-refractivity contribution is 5.91. The molecular formula is C16H24N4. The van der Waals surface area contributed by atoms with E-state index >= 15 is 0 Å². The first-order valence-electron chi connectivity index (χ1n) is 7.51. The third-order valence-electron chi connectivity index (χ3n) is 4.96. The smallest absolute Gasteiger partial charge is 0.146 e. The molecule has 3 rings (SSSR count). The van der Waals surface area contributed by atoms with E-state index in [0.717, 1.165) is 23.4 Å². The summed E-state index contributed by atoms with van der Waals surface area (Å²) in [6, 6.07) is 0. The molecule has 2 heterocycles. The maximum Gasteiger partial charge on any atom is 0.146 e. The number of rotatable bonds is 2. The number of hydrogen-bond acceptors (Lipinski definition) is 3. The van der Waals surface area contributed by atoms with Crippen molar-refractivity contribution >= 4 is 16.9 Å². The van der Waals surface area contributed by atoms with Gasteiger partial charge in [-0.2, -0.15) is 0 Å². The van der Waals surface area contributed by atoms with Crippen molar-refractivity contribution in [1.29, 1.82) is 0 Å². The summed E-state index contributed by atoms with van der Waals surface area (Å²) in [7, 11) is 0. The third-order valence-corrected chi connectivity index (χ3v) is 4.96. The van der Waals surface area contributed by atoms with Crippen LogP contribution in [0.5, 0.6) is 0 Å². The number of nitrogens with zero attached hydrogens (tertiary/aromatic N) is 3. The molecule has 0 aliphatic heterocycles. The lowest BCUT2D eigenvalue weighted by Gasteiger charge is -2.25. The Hall–Kier alpha value is -1.58. The van der Waals surface area contributed by atoms with E-state index in [2.05, 4.69) is 35.3 Å². The second kappa shape index (κ2) is 4.47. The number of anilines is 1. The van der Waals surface area contributed by atoms with Crippen LogP contribution in [0, 0.1) is 26.2 Å². The average Bonchev–Trinajstić information content (AvgIpc) is 2.88. The number of hydrogen-bond donors (Lipinski definition) is 1.